The molecule has 20 heavy (non-hydrogen) atoms. The molecule has 0 amide bonds. The van der Waals surface area contributed by atoms with Crippen LogP contribution >= 0.6 is 11.8 Å². The summed E-state index contributed by atoms with van der Waals surface area (Å²) in [7, 11) is 1.85. The molecule has 1 aliphatic rings. The average molecular weight is 301 g/mol. The van der Waals surface area contributed by atoms with Gasteiger partial charge in [-0.2, -0.15) is 11.8 Å². The molecule has 1 saturated heterocycles. The summed E-state index contributed by atoms with van der Waals surface area (Å²) in [4.78, 5) is 6.86. The molecule has 1 atom stereocenters. The van der Waals surface area contributed by atoms with E-state index in [1.165, 1.54) is 44.4 Å². The predicted molar refractivity (Wildman–Crippen MR) is 91.9 cm³/mol. The van der Waals surface area contributed by atoms with Gasteiger partial charge in [0.25, 0.3) is 0 Å². The molecule has 1 rings (SSSR count). The van der Waals surface area contributed by atoms with Gasteiger partial charge in [0.15, 0.2) is 5.96 Å². The highest BCUT2D eigenvalue weighted by atomic mass is 32.2. The maximum Gasteiger partial charge on any atom is 0.191 e. The third-order valence-corrected chi connectivity index (χ3v) is 4.62. The number of nitrogens with zero attached hydrogens (tertiary/aromatic N) is 2. The largest absolute Gasteiger partial charge is 0.356 e. The van der Waals surface area contributed by atoms with E-state index in [2.05, 4.69) is 33.7 Å². The maximum absolute atomic E-state index is 4.28. The van der Waals surface area contributed by atoms with Gasteiger partial charge < -0.3 is 10.6 Å². The summed E-state index contributed by atoms with van der Waals surface area (Å²) < 4.78 is 0. The molecule has 1 fully saturated rings. The molecule has 0 spiro atoms. The molecule has 0 aliphatic carbocycles. The van der Waals surface area contributed by atoms with Crippen LogP contribution in [-0.2, 0) is 0 Å². The van der Waals surface area contributed by atoms with Gasteiger partial charge in [0, 0.05) is 32.7 Å². The topological polar surface area (TPSA) is 39.7 Å². The molecule has 5 heteroatoms. The van der Waals surface area contributed by atoms with Gasteiger partial charge >= 0.3 is 0 Å². The lowest BCUT2D eigenvalue weighted by Gasteiger charge is -2.33. The molecule has 118 valence electrons. The highest BCUT2D eigenvalue weighted by Crippen LogP contribution is 2.15. The first-order chi connectivity index (χ1) is 9.77. The van der Waals surface area contributed by atoms with Crippen molar-refractivity contribution < 1.29 is 0 Å². The van der Waals surface area contributed by atoms with Crippen molar-refractivity contribution in [3.05, 3.63) is 0 Å². The van der Waals surface area contributed by atoms with Crippen LogP contribution in [0.25, 0.3) is 0 Å². The van der Waals surface area contributed by atoms with E-state index in [9.17, 15) is 0 Å². The van der Waals surface area contributed by atoms with Crippen LogP contribution in [0.3, 0.4) is 0 Å². The average Bonchev–Trinajstić information content (AvgIpc) is 2.47. The van der Waals surface area contributed by atoms with Crippen LogP contribution in [0.4, 0.5) is 0 Å². The monoisotopic (exact) mass is 300 g/mol. The summed E-state index contributed by atoms with van der Waals surface area (Å²) in [5.41, 5.74) is 0. The fraction of sp³-hybridized carbons (Fsp3) is 0.933. The lowest BCUT2D eigenvalue weighted by Crippen LogP contribution is -2.45. The Labute approximate surface area is 129 Å². The van der Waals surface area contributed by atoms with Crippen molar-refractivity contribution in [2.45, 2.75) is 45.1 Å². The number of aliphatic imine (C=N–C) groups is 1. The second-order valence-electron chi connectivity index (χ2n) is 5.51. The van der Waals surface area contributed by atoms with Crippen molar-refractivity contribution in [3.63, 3.8) is 0 Å². The fourth-order valence-corrected chi connectivity index (χ4v) is 3.10. The normalized spacial score (nSPS) is 20.9. The zero-order valence-electron chi connectivity index (χ0n) is 13.5. The summed E-state index contributed by atoms with van der Waals surface area (Å²) in [5.74, 6) is 2.19. The zero-order valence-corrected chi connectivity index (χ0v) is 14.3. The van der Waals surface area contributed by atoms with Gasteiger partial charge in [-0.05, 0) is 51.2 Å². The van der Waals surface area contributed by atoms with Gasteiger partial charge in [-0.3, -0.25) is 9.89 Å². The highest BCUT2D eigenvalue weighted by molar-refractivity contribution is 7.98. The number of guanidine groups is 1. The Bertz CT molecular complexity index is 271. The van der Waals surface area contributed by atoms with E-state index >= 15 is 0 Å². The van der Waals surface area contributed by atoms with Crippen LogP contribution in [0.15, 0.2) is 4.99 Å². The molecule has 1 unspecified atom stereocenters. The van der Waals surface area contributed by atoms with Crippen molar-refractivity contribution in [2.75, 3.05) is 45.2 Å². The van der Waals surface area contributed by atoms with Crippen molar-refractivity contribution in [2.24, 2.45) is 4.99 Å². The first kappa shape index (κ1) is 17.6. The number of likely N-dealkylation sites (tertiary alicyclic amines) is 1. The molecule has 4 nitrogen and oxygen atoms in total. The van der Waals surface area contributed by atoms with Crippen molar-refractivity contribution >= 4 is 17.7 Å². The Kier molecular flexibility index (Phi) is 9.93. The number of unbranched alkanes of at least 4 members (excludes halogenated alkanes) is 1. The third-order valence-electron chi connectivity index (χ3n) is 3.92. The van der Waals surface area contributed by atoms with Gasteiger partial charge in [-0.25, -0.2) is 0 Å². The zero-order chi connectivity index (χ0) is 14.6. The number of nitrogens with one attached hydrogen (secondary N) is 2. The Morgan fingerprint density at radius 2 is 2.05 bits per heavy atom. The second kappa shape index (κ2) is 11.3. The first-order valence-electron chi connectivity index (χ1n) is 7.95. The number of hydrogen-bond donors (Lipinski definition) is 2. The highest BCUT2D eigenvalue weighted by Gasteiger charge is 2.17. The lowest BCUT2D eigenvalue weighted by atomic mass is 10.0. The molecular formula is C15H32N4S. The summed E-state index contributed by atoms with van der Waals surface area (Å²) in [5, 5.41) is 6.81. The summed E-state index contributed by atoms with van der Waals surface area (Å²) in [6, 6.07) is 0.743. The Balaban J connectivity index is 2.08. The second-order valence-corrected chi connectivity index (χ2v) is 6.49. The van der Waals surface area contributed by atoms with Crippen LogP contribution < -0.4 is 10.6 Å². The van der Waals surface area contributed by atoms with Gasteiger partial charge in [0.1, 0.15) is 0 Å². The van der Waals surface area contributed by atoms with Crippen LogP contribution in [0.5, 0.6) is 0 Å². The number of hydrogen-bond acceptors (Lipinski definition) is 3. The molecule has 2 N–H and O–H groups in total. The van der Waals surface area contributed by atoms with E-state index in [4.69, 9.17) is 0 Å². The number of rotatable bonds is 8. The minimum atomic E-state index is 0.743. The van der Waals surface area contributed by atoms with Crippen LogP contribution in [0.2, 0.25) is 0 Å². The SMILES string of the molecule is CN=C(NCCCCSC)NCCN1CCCCC1C. The van der Waals surface area contributed by atoms with Crippen LogP contribution in [0, 0.1) is 0 Å². The van der Waals surface area contributed by atoms with E-state index in [1.807, 2.05) is 18.8 Å². The van der Waals surface area contributed by atoms with Crippen LogP contribution in [-0.4, -0.2) is 62.1 Å². The summed E-state index contributed by atoms with van der Waals surface area (Å²) in [6.45, 7) is 6.71. The van der Waals surface area contributed by atoms with Gasteiger partial charge in [-0.15, -0.1) is 0 Å². The van der Waals surface area contributed by atoms with Crippen molar-refractivity contribution in [1.29, 1.82) is 0 Å². The van der Waals surface area contributed by atoms with Gasteiger partial charge in [0.2, 0.25) is 0 Å². The van der Waals surface area contributed by atoms with E-state index in [1.54, 1.807) is 0 Å². The standard InChI is InChI=1S/C15H32N4S/c1-14-8-4-6-11-19(14)12-10-18-15(16-2)17-9-5-7-13-20-3/h14H,4-13H2,1-3H3,(H2,16,17,18). The fourth-order valence-electron chi connectivity index (χ4n) is 2.61. The Morgan fingerprint density at radius 3 is 2.75 bits per heavy atom. The Hall–Kier alpha value is -0.420. The van der Waals surface area contributed by atoms with Gasteiger partial charge in [-0.1, -0.05) is 6.42 Å². The number of thioether (sulfide) groups is 1. The summed E-state index contributed by atoms with van der Waals surface area (Å²) in [6.07, 6.45) is 8.75. The Morgan fingerprint density at radius 1 is 1.25 bits per heavy atom. The predicted octanol–water partition coefficient (Wildman–Crippen LogP) is 2.17. The minimum Gasteiger partial charge on any atom is -0.356 e. The van der Waals surface area contributed by atoms with Crippen molar-refractivity contribution in [1.82, 2.24) is 15.5 Å². The molecular weight excluding hydrogens is 268 g/mol. The van der Waals surface area contributed by atoms with Crippen LogP contribution in [0.1, 0.15) is 39.0 Å². The van der Waals surface area contributed by atoms with E-state index in [0.717, 1.165) is 31.6 Å². The third kappa shape index (κ3) is 7.39. The van der Waals surface area contributed by atoms with Gasteiger partial charge in [0.05, 0.1) is 0 Å². The molecule has 0 aromatic carbocycles. The van der Waals surface area contributed by atoms with E-state index in [0.29, 0.717) is 0 Å². The molecule has 1 aliphatic heterocycles. The minimum absolute atomic E-state index is 0.743. The summed E-state index contributed by atoms with van der Waals surface area (Å²) >= 11 is 1.92. The smallest absolute Gasteiger partial charge is 0.191 e. The first-order valence-corrected chi connectivity index (χ1v) is 9.34. The molecule has 0 aromatic heterocycles. The molecule has 0 aromatic rings. The van der Waals surface area contributed by atoms with E-state index < -0.39 is 0 Å². The molecule has 0 radical (unpaired) electrons. The lowest BCUT2D eigenvalue weighted by molar-refractivity contribution is 0.163. The quantitative estimate of drug-likeness (QED) is 0.409. The number of piperidine rings is 1. The molecule has 0 bridgehead atoms. The molecule has 0 saturated carbocycles. The maximum atomic E-state index is 4.28. The molecule has 1 heterocycles. The van der Waals surface area contributed by atoms with E-state index in [-0.39, 0.29) is 0 Å². The van der Waals surface area contributed by atoms with Crippen molar-refractivity contribution in [3.8, 4) is 0 Å².